The van der Waals surface area contributed by atoms with Gasteiger partial charge in [0, 0.05) is 20.9 Å². The molecule has 11 heteroatoms. The summed E-state index contributed by atoms with van der Waals surface area (Å²) in [7, 11) is -1.03. The summed E-state index contributed by atoms with van der Waals surface area (Å²) in [5.74, 6) is -0.175. The van der Waals surface area contributed by atoms with Crippen molar-refractivity contribution >= 4 is 41.4 Å². The zero-order valence-corrected chi connectivity index (χ0v) is 14.5. The van der Waals surface area contributed by atoms with Crippen LogP contribution in [-0.2, 0) is 0 Å². The normalized spacial score (nSPS) is 13.0. The van der Waals surface area contributed by atoms with Crippen molar-refractivity contribution in [1.82, 2.24) is 15.8 Å². The van der Waals surface area contributed by atoms with Crippen molar-refractivity contribution in [2.24, 2.45) is 4.99 Å². The van der Waals surface area contributed by atoms with Crippen molar-refractivity contribution in [3.63, 3.8) is 0 Å². The molecular weight excluding hydrogens is 392 g/mol. The van der Waals surface area contributed by atoms with Crippen LogP contribution in [0.3, 0.4) is 0 Å². The fourth-order valence-electron chi connectivity index (χ4n) is 1.61. The smallest absolute Gasteiger partial charge is 0.202 e. The lowest BCUT2D eigenvalue weighted by Crippen LogP contribution is -2.22. The first kappa shape index (κ1) is 17.7. The second kappa shape index (κ2) is 8.30. The summed E-state index contributed by atoms with van der Waals surface area (Å²) < 4.78 is 18.1. The second-order valence-electron chi connectivity index (χ2n) is 4.44. The lowest BCUT2D eigenvalue weighted by atomic mass is 10.3. The summed E-state index contributed by atoms with van der Waals surface area (Å²) in [4.78, 5) is 13.4. The maximum atomic E-state index is 13.2. The number of hydroxylamine groups is 1. The van der Waals surface area contributed by atoms with Crippen LogP contribution in [-0.4, -0.2) is 45.6 Å². The predicted octanol–water partition coefficient (Wildman–Crippen LogP) is 2.46. The molecule has 1 heterocycles. The van der Waals surface area contributed by atoms with E-state index < -0.39 is 14.0 Å². The highest BCUT2D eigenvalue weighted by Crippen LogP contribution is 2.24. The van der Waals surface area contributed by atoms with E-state index in [2.05, 4.69) is 41.2 Å². The van der Waals surface area contributed by atoms with E-state index in [0.717, 1.165) is 0 Å². The Kier molecular flexibility index (Phi) is 6.40. The zero-order valence-electron chi connectivity index (χ0n) is 12.0. The number of halogens is 2. The van der Waals surface area contributed by atoms with Gasteiger partial charge in [0.1, 0.15) is 5.82 Å². The van der Waals surface area contributed by atoms with Crippen LogP contribution in [0, 0.1) is 5.82 Å². The minimum Gasteiger partial charge on any atom is -0.374 e. The number of amidine groups is 1. The van der Waals surface area contributed by atoms with Crippen LogP contribution >= 0.6 is 24.1 Å². The number of aliphatic imine (C=N–C) groups is 1. The SMILES string of the molecule is CP(O)CCNc1nonc1C(=Nc1ccc(F)c(Br)c1)NO. The molecule has 0 spiro atoms. The third kappa shape index (κ3) is 4.93. The monoisotopic (exact) mass is 405 g/mol. The molecule has 0 aliphatic heterocycles. The van der Waals surface area contributed by atoms with Gasteiger partial charge in [-0.3, -0.25) is 10.7 Å². The standard InChI is InChI=1S/C12H14BrFN5O3P/c1-23(21)5-4-15-11-10(18-22-19-11)12(17-20)16-7-2-3-9(14)8(13)6-7/h2-3,6,20-21H,4-5H2,1H3,(H,15,19)(H,16,17). The van der Waals surface area contributed by atoms with Crippen LogP contribution in [0.25, 0.3) is 0 Å². The van der Waals surface area contributed by atoms with Gasteiger partial charge in [-0.2, -0.15) is 0 Å². The molecule has 0 bridgehead atoms. The average molecular weight is 406 g/mol. The fraction of sp³-hybridized carbons (Fsp3) is 0.250. The highest BCUT2D eigenvalue weighted by Gasteiger charge is 2.16. The summed E-state index contributed by atoms with van der Waals surface area (Å²) in [6.07, 6.45) is 0.561. The van der Waals surface area contributed by atoms with E-state index >= 15 is 0 Å². The van der Waals surface area contributed by atoms with E-state index in [1.807, 2.05) is 5.48 Å². The van der Waals surface area contributed by atoms with E-state index in [9.17, 15) is 14.5 Å². The molecule has 0 amide bonds. The van der Waals surface area contributed by atoms with Gasteiger partial charge in [0.05, 0.1) is 10.2 Å². The number of nitrogens with one attached hydrogen (secondary N) is 2. The van der Waals surface area contributed by atoms with Gasteiger partial charge in [-0.1, -0.05) is 0 Å². The van der Waals surface area contributed by atoms with Crippen molar-refractivity contribution in [2.75, 3.05) is 24.7 Å². The van der Waals surface area contributed by atoms with Crippen molar-refractivity contribution in [1.29, 1.82) is 0 Å². The third-order valence-corrected chi connectivity index (χ3v) is 4.17. The van der Waals surface area contributed by atoms with Crippen LogP contribution in [0.5, 0.6) is 0 Å². The number of benzene rings is 1. The van der Waals surface area contributed by atoms with Gasteiger partial charge in [-0.25, -0.2) is 14.0 Å². The molecule has 2 aromatic rings. The number of nitrogens with zero attached hydrogens (tertiary/aromatic N) is 3. The molecule has 0 fully saturated rings. The molecule has 0 aliphatic rings. The second-order valence-corrected chi connectivity index (χ2v) is 7.06. The molecule has 0 aliphatic carbocycles. The van der Waals surface area contributed by atoms with Crippen LogP contribution < -0.4 is 10.8 Å². The Bertz CT molecular complexity index is 697. The van der Waals surface area contributed by atoms with E-state index in [1.54, 1.807) is 6.66 Å². The topological polar surface area (TPSA) is 116 Å². The van der Waals surface area contributed by atoms with Gasteiger partial charge < -0.3 is 10.2 Å². The number of anilines is 1. The van der Waals surface area contributed by atoms with Crippen molar-refractivity contribution < 1.29 is 19.1 Å². The zero-order chi connectivity index (χ0) is 16.8. The van der Waals surface area contributed by atoms with E-state index in [1.165, 1.54) is 18.2 Å². The molecule has 1 atom stereocenters. The first-order valence-corrected chi connectivity index (χ1v) is 9.14. The maximum Gasteiger partial charge on any atom is 0.202 e. The molecule has 0 saturated carbocycles. The molecule has 0 radical (unpaired) electrons. The highest BCUT2D eigenvalue weighted by atomic mass is 79.9. The molecule has 0 saturated heterocycles. The molecule has 1 aromatic carbocycles. The van der Waals surface area contributed by atoms with Crippen LogP contribution in [0.15, 0.2) is 32.3 Å². The maximum absolute atomic E-state index is 13.2. The van der Waals surface area contributed by atoms with E-state index in [0.29, 0.717) is 18.4 Å². The minimum atomic E-state index is -1.03. The van der Waals surface area contributed by atoms with Crippen LogP contribution in [0.4, 0.5) is 15.9 Å². The van der Waals surface area contributed by atoms with Crippen molar-refractivity contribution in [2.45, 2.75) is 0 Å². The molecule has 4 N–H and O–H groups in total. The average Bonchev–Trinajstić information content (AvgIpc) is 2.96. The Balaban J connectivity index is 2.22. The predicted molar refractivity (Wildman–Crippen MR) is 87.9 cm³/mol. The Morgan fingerprint density at radius 3 is 2.91 bits per heavy atom. The van der Waals surface area contributed by atoms with E-state index in [4.69, 9.17) is 0 Å². The minimum absolute atomic E-state index is 0.0185. The highest BCUT2D eigenvalue weighted by molar-refractivity contribution is 9.10. The van der Waals surface area contributed by atoms with Gasteiger partial charge in [0.25, 0.3) is 0 Å². The quantitative estimate of drug-likeness (QED) is 0.252. The first-order valence-electron chi connectivity index (χ1n) is 6.42. The summed E-state index contributed by atoms with van der Waals surface area (Å²) in [6, 6.07) is 4.13. The summed E-state index contributed by atoms with van der Waals surface area (Å²) >= 11 is 3.06. The molecule has 2 rings (SSSR count). The summed E-state index contributed by atoms with van der Waals surface area (Å²) in [5, 5.41) is 19.6. The molecule has 23 heavy (non-hydrogen) atoms. The third-order valence-electron chi connectivity index (χ3n) is 2.69. The van der Waals surface area contributed by atoms with Crippen molar-refractivity contribution in [3.8, 4) is 0 Å². The number of rotatable bonds is 6. The van der Waals surface area contributed by atoms with Crippen LogP contribution in [0.2, 0.25) is 0 Å². The van der Waals surface area contributed by atoms with Gasteiger partial charge in [-0.05, 0) is 51.1 Å². The largest absolute Gasteiger partial charge is 0.374 e. The number of hydrogen-bond acceptors (Lipinski definition) is 7. The van der Waals surface area contributed by atoms with Crippen LogP contribution in [0.1, 0.15) is 5.69 Å². The van der Waals surface area contributed by atoms with Gasteiger partial charge in [0.2, 0.25) is 5.82 Å². The molecular formula is C12H14BrFN5O3P. The van der Waals surface area contributed by atoms with Gasteiger partial charge in [0.15, 0.2) is 11.5 Å². The molecule has 8 nitrogen and oxygen atoms in total. The van der Waals surface area contributed by atoms with Gasteiger partial charge >= 0.3 is 0 Å². The Hall–Kier alpha value is -1.61. The van der Waals surface area contributed by atoms with Crippen molar-refractivity contribution in [3.05, 3.63) is 34.2 Å². The number of aromatic nitrogens is 2. The Labute approximate surface area is 140 Å². The summed E-state index contributed by atoms with van der Waals surface area (Å²) in [5.41, 5.74) is 2.46. The Morgan fingerprint density at radius 1 is 1.48 bits per heavy atom. The van der Waals surface area contributed by atoms with Gasteiger partial charge in [-0.15, -0.1) is 0 Å². The fourth-order valence-corrected chi connectivity index (χ4v) is 2.41. The Morgan fingerprint density at radius 2 is 2.26 bits per heavy atom. The molecule has 124 valence electrons. The summed E-state index contributed by atoms with van der Waals surface area (Å²) in [6.45, 7) is 2.19. The molecule has 1 aromatic heterocycles. The lowest BCUT2D eigenvalue weighted by Gasteiger charge is -2.07. The van der Waals surface area contributed by atoms with E-state index in [-0.39, 0.29) is 21.8 Å². The lowest BCUT2D eigenvalue weighted by molar-refractivity contribution is 0.234. The molecule has 1 unspecified atom stereocenters. The first-order chi connectivity index (χ1) is 11.0. The number of hydrogen-bond donors (Lipinski definition) is 4.